The molecular weight excluding hydrogens is 248 g/mol. The second-order valence-corrected chi connectivity index (χ2v) is 3.75. The Morgan fingerprint density at radius 3 is 2.59 bits per heavy atom. The zero-order valence-corrected chi connectivity index (χ0v) is 9.59. The molecule has 0 amide bonds. The lowest BCUT2D eigenvalue weighted by Crippen LogP contribution is -1.99. The summed E-state index contributed by atoms with van der Waals surface area (Å²) in [5.74, 6) is -0.977. The fourth-order valence-electron chi connectivity index (χ4n) is 1.33. The van der Waals surface area contributed by atoms with Crippen molar-refractivity contribution in [1.29, 1.82) is 0 Å². The van der Waals surface area contributed by atoms with Crippen LogP contribution >= 0.6 is 11.6 Å². The first kappa shape index (κ1) is 11.7. The maximum absolute atomic E-state index is 13.4. The number of hydrogen-bond acceptors (Lipinski definition) is 3. The summed E-state index contributed by atoms with van der Waals surface area (Å²) in [4.78, 5) is 7.75. The lowest BCUT2D eigenvalue weighted by atomic mass is 10.3. The Bertz CT molecular complexity index is 540. The van der Waals surface area contributed by atoms with Crippen molar-refractivity contribution in [3.05, 3.63) is 46.9 Å². The molecule has 0 fully saturated rings. The van der Waals surface area contributed by atoms with Crippen LogP contribution in [0.3, 0.4) is 0 Å². The smallest absolute Gasteiger partial charge is 0.224 e. The normalized spacial score (nSPS) is 10.4. The van der Waals surface area contributed by atoms with Gasteiger partial charge in [0.05, 0.1) is 5.69 Å². The maximum Gasteiger partial charge on any atom is 0.224 e. The molecule has 2 aromatic rings. The number of halogens is 3. The highest BCUT2D eigenvalue weighted by atomic mass is 35.5. The minimum atomic E-state index is -0.697. The summed E-state index contributed by atoms with van der Waals surface area (Å²) in [6.07, 6.45) is 0. The molecule has 0 radical (unpaired) electrons. The Balaban J connectivity index is 2.31. The van der Waals surface area contributed by atoms with Crippen LogP contribution in [0.4, 0.5) is 20.3 Å². The SMILES string of the molecule is Cc1cc(Nc2ccc(F)cc2F)nc(Cl)n1. The van der Waals surface area contributed by atoms with Gasteiger partial charge in [0, 0.05) is 17.8 Å². The van der Waals surface area contributed by atoms with Gasteiger partial charge in [-0.3, -0.25) is 0 Å². The van der Waals surface area contributed by atoms with Gasteiger partial charge in [-0.05, 0) is 30.7 Å². The van der Waals surface area contributed by atoms with Crippen molar-refractivity contribution in [1.82, 2.24) is 9.97 Å². The molecule has 1 N–H and O–H groups in total. The average molecular weight is 256 g/mol. The van der Waals surface area contributed by atoms with E-state index in [1.807, 2.05) is 0 Å². The van der Waals surface area contributed by atoms with E-state index < -0.39 is 11.6 Å². The molecule has 0 spiro atoms. The quantitative estimate of drug-likeness (QED) is 0.835. The highest BCUT2D eigenvalue weighted by molar-refractivity contribution is 6.28. The van der Waals surface area contributed by atoms with Gasteiger partial charge in [0.2, 0.25) is 5.28 Å². The van der Waals surface area contributed by atoms with Gasteiger partial charge in [0.1, 0.15) is 17.5 Å². The minimum absolute atomic E-state index is 0.0648. The third-order valence-corrected chi connectivity index (χ3v) is 2.19. The van der Waals surface area contributed by atoms with Gasteiger partial charge in [0.25, 0.3) is 0 Å². The summed E-state index contributed by atoms with van der Waals surface area (Å²) in [5.41, 5.74) is 0.774. The molecule has 3 nitrogen and oxygen atoms in total. The van der Waals surface area contributed by atoms with E-state index in [4.69, 9.17) is 11.6 Å². The van der Waals surface area contributed by atoms with Crippen LogP contribution in [0.25, 0.3) is 0 Å². The second kappa shape index (κ2) is 4.63. The predicted octanol–water partition coefficient (Wildman–Crippen LogP) is 3.46. The van der Waals surface area contributed by atoms with Gasteiger partial charge in [0.15, 0.2) is 0 Å². The first-order valence-electron chi connectivity index (χ1n) is 4.78. The molecule has 88 valence electrons. The number of hydrogen-bond donors (Lipinski definition) is 1. The first-order chi connectivity index (χ1) is 8.04. The van der Waals surface area contributed by atoms with Crippen molar-refractivity contribution in [2.75, 3.05) is 5.32 Å². The molecule has 0 saturated carbocycles. The zero-order chi connectivity index (χ0) is 12.4. The summed E-state index contributed by atoms with van der Waals surface area (Å²) in [7, 11) is 0. The van der Waals surface area contributed by atoms with Crippen LogP contribution in [0, 0.1) is 18.6 Å². The fourth-order valence-corrected chi connectivity index (χ4v) is 1.55. The van der Waals surface area contributed by atoms with Gasteiger partial charge in [-0.15, -0.1) is 0 Å². The number of aryl methyl sites for hydroxylation is 1. The van der Waals surface area contributed by atoms with E-state index >= 15 is 0 Å². The van der Waals surface area contributed by atoms with Crippen molar-refractivity contribution in [2.24, 2.45) is 0 Å². The van der Waals surface area contributed by atoms with Crippen molar-refractivity contribution in [3.63, 3.8) is 0 Å². The standard InChI is InChI=1S/C11H8ClF2N3/c1-6-4-10(17-11(12)15-6)16-9-3-2-7(13)5-8(9)14/h2-5H,1H3,(H,15,16,17). The topological polar surface area (TPSA) is 37.8 Å². The van der Waals surface area contributed by atoms with Crippen molar-refractivity contribution in [3.8, 4) is 0 Å². The molecular formula is C11H8ClF2N3. The summed E-state index contributed by atoms with van der Waals surface area (Å²) < 4.78 is 26.1. The van der Waals surface area contributed by atoms with Crippen LogP contribution in [-0.2, 0) is 0 Å². The Kier molecular flexibility index (Phi) is 3.19. The molecule has 2 rings (SSSR count). The summed E-state index contributed by atoms with van der Waals surface area (Å²) >= 11 is 5.67. The molecule has 0 unspecified atom stereocenters. The molecule has 0 aliphatic heterocycles. The molecule has 0 aliphatic rings. The number of nitrogens with one attached hydrogen (secondary N) is 1. The highest BCUT2D eigenvalue weighted by Crippen LogP contribution is 2.20. The number of benzene rings is 1. The fraction of sp³-hybridized carbons (Fsp3) is 0.0909. The monoisotopic (exact) mass is 255 g/mol. The maximum atomic E-state index is 13.4. The van der Waals surface area contributed by atoms with E-state index in [-0.39, 0.29) is 11.0 Å². The Hall–Kier alpha value is -1.75. The third kappa shape index (κ3) is 2.88. The molecule has 1 heterocycles. The van der Waals surface area contributed by atoms with Crippen LogP contribution < -0.4 is 5.32 Å². The Morgan fingerprint density at radius 2 is 1.94 bits per heavy atom. The number of nitrogens with zero attached hydrogens (tertiary/aromatic N) is 2. The summed E-state index contributed by atoms with van der Waals surface area (Å²) in [5, 5.41) is 2.77. The summed E-state index contributed by atoms with van der Waals surface area (Å²) in [6.45, 7) is 1.74. The number of anilines is 2. The van der Waals surface area contributed by atoms with Gasteiger partial charge in [-0.2, -0.15) is 0 Å². The van der Waals surface area contributed by atoms with Crippen molar-refractivity contribution in [2.45, 2.75) is 6.92 Å². The molecule has 0 saturated heterocycles. The Morgan fingerprint density at radius 1 is 1.18 bits per heavy atom. The minimum Gasteiger partial charge on any atom is -0.338 e. The zero-order valence-electron chi connectivity index (χ0n) is 8.84. The van der Waals surface area contributed by atoms with Gasteiger partial charge < -0.3 is 5.32 Å². The summed E-state index contributed by atoms with van der Waals surface area (Å²) in [6, 6.07) is 4.84. The molecule has 0 bridgehead atoms. The van der Waals surface area contributed by atoms with Crippen LogP contribution in [0.15, 0.2) is 24.3 Å². The van der Waals surface area contributed by atoms with Crippen molar-refractivity contribution >= 4 is 23.1 Å². The molecule has 0 atom stereocenters. The number of aromatic nitrogens is 2. The van der Waals surface area contributed by atoms with Crippen molar-refractivity contribution < 1.29 is 8.78 Å². The van der Waals surface area contributed by atoms with E-state index in [1.54, 1.807) is 13.0 Å². The van der Waals surface area contributed by atoms with Crippen LogP contribution in [0.2, 0.25) is 5.28 Å². The van der Waals surface area contributed by atoms with E-state index in [9.17, 15) is 8.78 Å². The van der Waals surface area contributed by atoms with Crippen LogP contribution in [0.1, 0.15) is 5.69 Å². The van der Waals surface area contributed by atoms with Gasteiger partial charge in [-0.25, -0.2) is 18.7 Å². The lowest BCUT2D eigenvalue weighted by molar-refractivity contribution is 0.586. The molecule has 1 aromatic carbocycles. The van der Waals surface area contributed by atoms with E-state index in [1.165, 1.54) is 6.07 Å². The first-order valence-corrected chi connectivity index (χ1v) is 5.15. The molecule has 0 aliphatic carbocycles. The largest absolute Gasteiger partial charge is 0.338 e. The lowest BCUT2D eigenvalue weighted by Gasteiger charge is -2.07. The van der Waals surface area contributed by atoms with Crippen LogP contribution in [0.5, 0.6) is 0 Å². The highest BCUT2D eigenvalue weighted by Gasteiger charge is 2.06. The Labute approximate surface area is 101 Å². The predicted molar refractivity (Wildman–Crippen MR) is 61.4 cm³/mol. The van der Waals surface area contributed by atoms with Gasteiger partial charge >= 0.3 is 0 Å². The van der Waals surface area contributed by atoms with E-state index in [0.29, 0.717) is 11.5 Å². The number of rotatable bonds is 2. The molecule has 6 heteroatoms. The van der Waals surface area contributed by atoms with E-state index in [0.717, 1.165) is 12.1 Å². The van der Waals surface area contributed by atoms with Crippen LogP contribution in [-0.4, -0.2) is 9.97 Å². The molecule has 1 aromatic heterocycles. The molecule has 17 heavy (non-hydrogen) atoms. The van der Waals surface area contributed by atoms with E-state index in [2.05, 4.69) is 15.3 Å². The van der Waals surface area contributed by atoms with Gasteiger partial charge in [-0.1, -0.05) is 0 Å². The average Bonchev–Trinajstić information content (AvgIpc) is 2.21. The second-order valence-electron chi connectivity index (χ2n) is 3.41. The third-order valence-electron chi connectivity index (χ3n) is 2.02.